The lowest BCUT2D eigenvalue weighted by molar-refractivity contribution is -0.388. The third-order valence-electron chi connectivity index (χ3n) is 1.79. The fraction of sp³-hybridized carbons (Fsp3) is 0. The van der Waals surface area contributed by atoms with Crippen LogP contribution in [0.25, 0.3) is 10.1 Å². The Morgan fingerprint density at radius 2 is 2.29 bits per heavy atom. The van der Waals surface area contributed by atoms with Crippen LogP contribution in [0.3, 0.4) is 0 Å². The number of fused-ring (bicyclic) bond motifs is 1. The predicted octanol–water partition coefficient (Wildman–Crippen LogP) is 3.71. The molecule has 1 aromatic heterocycles. The highest BCUT2D eigenvalue weighted by atomic mass is 79.9. The van der Waals surface area contributed by atoms with Gasteiger partial charge in [0.05, 0.1) is 14.1 Å². The van der Waals surface area contributed by atoms with Crippen LogP contribution < -0.4 is 0 Å². The lowest BCUT2D eigenvalue weighted by Gasteiger charge is -1.98. The average molecular weight is 276 g/mol. The molecule has 0 bridgehead atoms. The van der Waals surface area contributed by atoms with E-state index >= 15 is 0 Å². The van der Waals surface area contributed by atoms with Crippen molar-refractivity contribution >= 4 is 43.0 Å². The van der Waals surface area contributed by atoms with E-state index in [4.69, 9.17) is 0 Å². The van der Waals surface area contributed by atoms with Crippen molar-refractivity contribution in [1.29, 1.82) is 0 Å². The van der Waals surface area contributed by atoms with Crippen LogP contribution in [-0.4, -0.2) is 4.92 Å². The van der Waals surface area contributed by atoms with Gasteiger partial charge in [0, 0.05) is 0 Å². The zero-order valence-corrected chi connectivity index (χ0v) is 9.06. The van der Waals surface area contributed by atoms with E-state index in [1.807, 2.05) is 0 Å². The van der Waals surface area contributed by atoms with Crippen LogP contribution in [0.1, 0.15) is 0 Å². The van der Waals surface area contributed by atoms with E-state index in [0.29, 0.717) is 10.1 Å². The molecule has 0 aliphatic heterocycles. The van der Waals surface area contributed by atoms with Gasteiger partial charge in [-0.25, -0.2) is 0 Å². The van der Waals surface area contributed by atoms with Crippen molar-refractivity contribution in [2.75, 3.05) is 0 Å². The summed E-state index contributed by atoms with van der Waals surface area (Å²) >= 11 is 4.13. The van der Waals surface area contributed by atoms with Gasteiger partial charge >= 0.3 is 5.69 Å². The summed E-state index contributed by atoms with van der Waals surface area (Å²) in [5, 5.41) is 12.9. The SMILES string of the molecule is O=[N+]([O-])c1c(Br)cc2ccsc2c1F. The van der Waals surface area contributed by atoms with Crippen molar-refractivity contribution in [2.24, 2.45) is 0 Å². The molecule has 0 spiro atoms. The van der Waals surface area contributed by atoms with Gasteiger partial charge in [-0.1, -0.05) is 0 Å². The minimum absolute atomic E-state index is 0.172. The average Bonchev–Trinajstić information content (AvgIpc) is 2.50. The van der Waals surface area contributed by atoms with Gasteiger partial charge in [-0.2, -0.15) is 4.39 Å². The molecule has 0 aliphatic rings. The smallest absolute Gasteiger partial charge is 0.258 e. The maximum atomic E-state index is 13.6. The van der Waals surface area contributed by atoms with Crippen molar-refractivity contribution in [3.63, 3.8) is 0 Å². The summed E-state index contributed by atoms with van der Waals surface area (Å²) in [6.07, 6.45) is 0. The molecule has 1 aromatic carbocycles. The first-order valence-electron chi connectivity index (χ1n) is 3.61. The number of nitro groups is 1. The molecule has 14 heavy (non-hydrogen) atoms. The van der Waals surface area contributed by atoms with E-state index < -0.39 is 16.4 Å². The molecular weight excluding hydrogens is 273 g/mol. The first-order chi connectivity index (χ1) is 6.61. The fourth-order valence-electron chi connectivity index (χ4n) is 1.20. The Hall–Kier alpha value is -1.01. The summed E-state index contributed by atoms with van der Waals surface area (Å²) in [5.41, 5.74) is -0.500. The number of benzene rings is 1. The van der Waals surface area contributed by atoms with Crippen LogP contribution in [0.2, 0.25) is 0 Å². The minimum atomic E-state index is -0.769. The van der Waals surface area contributed by atoms with Crippen LogP contribution >= 0.6 is 27.3 Å². The van der Waals surface area contributed by atoms with Crippen molar-refractivity contribution in [3.05, 3.63) is 37.9 Å². The van der Waals surface area contributed by atoms with Gasteiger partial charge in [-0.3, -0.25) is 10.1 Å². The molecule has 0 unspecified atom stereocenters. The molecule has 2 aromatic rings. The zero-order valence-electron chi connectivity index (χ0n) is 6.66. The maximum Gasteiger partial charge on any atom is 0.320 e. The summed E-state index contributed by atoms with van der Waals surface area (Å²) in [7, 11) is 0. The number of nitro benzene ring substituents is 1. The highest BCUT2D eigenvalue weighted by Gasteiger charge is 2.22. The number of thiophene rings is 1. The number of hydrogen-bond donors (Lipinski definition) is 0. The van der Waals surface area contributed by atoms with Crippen molar-refractivity contribution < 1.29 is 9.31 Å². The Balaban J connectivity index is 2.89. The minimum Gasteiger partial charge on any atom is -0.258 e. The Morgan fingerprint density at radius 3 is 2.93 bits per heavy atom. The summed E-state index contributed by atoms with van der Waals surface area (Å²) in [6.45, 7) is 0. The molecule has 6 heteroatoms. The molecule has 0 N–H and O–H groups in total. The second-order valence-corrected chi connectivity index (χ2v) is 4.39. The summed E-state index contributed by atoms with van der Waals surface area (Å²) < 4.78 is 14.0. The number of hydrogen-bond acceptors (Lipinski definition) is 3. The van der Waals surface area contributed by atoms with Gasteiger partial charge in [0.1, 0.15) is 0 Å². The summed E-state index contributed by atoms with van der Waals surface area (Å²) in [4.78, 5) is 9.82. The van der Waals surface area contributed by atoms with Crippen LogP contribution in [-0.2, 0) is 0 Å². The van der Waals surface area contributed by atoms with Crippen LogP contribution in [0.5, 0.6) is 0 Å². The molecular formula is C8H3BrFNO2S. The largest absolute Gasteiger partial charge is 0.320 e. The molecule has 0 amide bonds. The van der Waals surface area contributed by atoms with Crippen molar-refractivity contribution in [2.45, 2.75) is 0 Å². The maximum absolute atomic E-state index is 13.6. The van der Waals surface area contributed by atoms with E-state index in [1.165, 1.54) is 0 Å². The second-order valence-electron chi connectivity index (χ2n) is 2.62. The highest BCUT2D eigenvalue weighted by molar-refractivity contribution is 9.10. The van der Waals surface area contributed by atoms with E-state index in [-0.39, 0.29) is 4.47 Å². The van der Waals surface area contributed by atoms with Gasteiger partial charge in [0.15, 0.2) is 0 Å². The normalized spacial score (nSPS) is 10.7. The second kappa shape index (κ2) is 3.29. The molecule has 72 valence electrons. The van der Waals surface area contributed by atoms with Gasteiger partial charge in [-0.05, 0) is 38.8 Å². The van der Waals surface area contributed by atoms with E-state index in [1.54, 1.807) is 17.5 Å². The number of nitrogens with zero attached hydrogens (tertiary/aromatic N) is 1. The monoisotopic (exact) mass is 275 g/mol. The molecule has 0 saturated carbocycles. The Kier molecular flexibility index (Phi) is 2.24. The van der Waals surface area contributed by atoms with Crippen molar-refractivity contribution in [1.82, 2.24) is 0 Å². The molecule has 2 rings (SSSR count). The number of rotatable bonds is 1. The molecule has 0 radical (unpaired) electrons. The summed E-state index contributed by atoms with van der Waals surface area (Å²) in [5.74, 6) is -0.769. The predicted molar refractivity (Wildman–Crippen MR) is 56.1 cm³/mol. The lowest BCUT2D eigenvalue weighted by atomic mass is 10.2. The first-order valence-corrected chi connectivity index (χ1v) is 5.28. The Bertz CT molecular complexity index is 525. The molecule has 0 atom stereocenters. The van der Waals surface area contributed by atoms with E-state index in [9.17, 15) is 14.5 Å². The molecule has 0 aliphatic carbocycles. The molecule has 0 saturated heterocycles. The van der Waals surface area contributed by atoms with E-state index in [2.05, 4.69) is 15.9 Å². The Labute approximate surface area is 90.4 Å². The first kappa shape index (κ1) is 9.54. The van der Waals surface area contributed by atoms with Gasteiger partial charge in [0.2, 0.25) is 5.82 Å². The third-order valence-corrected chi connectivity index (χ3v) is 3.32. The third kappa shape index (κ3) is 1.31. The highest BCUT2D eigenvalue weighted by Crippen LogP contribution is 2.36. The van der Waals surface area contributed by atoms with Crippen LogP contribution in [0.15, 0.2) is 22.0 Å². The van der Waals surface area contributed by atoms with Crippen LogP contribution in [0, 0.1) is 15.9 Å². The van der Waals surface area contributed by atoms with Crippen molar-refractivity contribution in [3.8, 4) is 0 Å². The zero-order chi connectivity index (χ0) is 10.3. The van der Waals surface area contributed by atoms with Gasteiger partial charge in [0.25, 0.3) is 0 Å². The molecule has 0 fully saturated rings. The Morgan fingerprint density at radius 1 is 1.57 bits per heavy atom. The van der Waals surface area contributed by atoms with Gasteiger partial charge < -0.3 is 0 Å². The standard InChI is InChI=1S/C8H3BrFNO2S/c9-5-3-4-1-2-14-8(4)6(10)7(5)11(12)13/h1-3H. The lowest BCUT2D eigenvalue weighted by Crippen LogP contribution is -1.93. The quantitative estimate of drug-likeness (QED) is 0.588. The van der Waals surface area contributed by atoms with Gasteiger partial charge in [-0.15, -0.1) is 11.3 Å². The topological polar surface area (TPSA) is 43.1 Å². The fourth-order valence-corrected chi connectivity index (χ4v) is 2.58. The van der Waals surface area contributed by atoms with Crippen LogP contribution in [0.4, 0.5) is 10.1 Å². The molecule has 3 nitrogen and oxygen atoms in total. The number of halogens is 2. The summed E-state index contributed by atoms with van der Waals surface area (Å²) in [6, 6.07) is 3.27. The molecule has 1 heterocycles. The van der Waals surface area contributed by atoms with E-state index in [0.717, 1.165) is 11.3 Å².